The number of carbonyl (C=O) groups excluding carboxylic acids is 1. The molecule has 0 fully saturated rings. The molecule has 0 aliphatic carbocycles. The van der Waals surface area contributed by atoms with Gasteiger partial charge in [0.1, 0.15) is 5.01 Å². The first-order chi connectivity index (χ1) is 11.2. The van der Waals surface area contributed by atoms with Crippen LogP contribution in [0.4, 0.5) is 10.5 Å². The Balaban J connectivity index is 1.56. The van der Waals surface area contributed by atoms with E-state index >= 15 is 0 Å². The zero-order valence-corrected chi connectivity index (χ0v) is 13.6. The molecule has 2 amide bonds. The van der Waals surface area contributed by atoms with Gasteiger partial charge in [0.25, 0.3) is 0 Å². The van der Waals surface area contributed by atoms with Gasteiger partial charge in [-0.3, -0.25) is 4.98 Å². The minimum atomic E-state index is -0.306. The Morgan fingerprint density at radius 3 is 2.91 bits per heavy atom. The summed E-state index contributed by atoms with van der Waals surface area (Å²) in [6.45, 7) is 0.343. The van der Waals surface area contributed by atoms with E-state index in [1.807, 2.05) is 23.6 Å². The Kier molecular flexibility index (Phi) is 4.85. The second-order valence-corrected chi connectivity index (χ2v) is 5.97. The van der Waals surface area contributed by atoms with Crippen LogP contribution in [0.25, 0.3) is 10.7 Å². The van der Waals surface area contributed by atoms with Crippen molar-refractivity contribution >= 4 is 34.7 Å². The Morgan fingerprint density at radius 1 is 1.22 bits per heavy atom. The summed E-state index contributed by atoms with van der Waals surface area (Å²) < 4.78 is 0. The molecule has 0 spiro atoms. The van der Waals surface area contributed by atoms with E-state index in [0.717, 1.165) is 16.4 Å². The lowest BCUT2D eigenvalue weighted by atomic mass is 10.3. The highest BCUT2D eigenvalue weighted by Crippen LogP contribution is 2.21. The molecule has 7 heteroatoms. The topological polar surface area (TPSA) is 66.9 Å². The third-order valence-corrected chi connectivity index (χ3v) is 4.10. The Labute approximate surface area is 142 Å². The lowest BCUT2D eigenvalue weighted by Crippen LogP contribution is -2.28. The first kappa shape index (κ1) is 15.5. The minimum absolute atomic E-state index is 0.306. The highest BCUT2D eigenvalue weighted by atomic mass is 35.5. The molecule has 2 N–H and O–H groups in total. The normalized spacial score (nSPS) is 10.3. The van der Waals surface area contributed by atoms with Gasteiger partial charge < -0.3 is 10.6 Å². The number of hydrogen-bond donors (Lipinski definition) is 2. The van der Waals surface area contributed by atoms with Crippen LogP contribution in [0.15, 0.2) is 54.0 Å². The quantitative estimate of drug-likeness (QED) is 0.746. The summed E-state index contributed by atoms with van der Waals surface area (Å²) in [7, 11) is 0. The molecule has 0 atom stereocenters. The molecule has 0 saturated heterocycles. The molecule has 3 rings (SSSR count). The van der Waals surface area contributed by atoms with Crippen molar-refractivity contribution in [3.8, 4) is 10.7 Å². The van der Waals surface area contributed by atoms with Crippen LogP contribution < -0.4 is 10.6 Å². The number of urea groups is 1. The van der Waals surface area contributed by atoms with Crippen molar-refractivity contribution < 1.29 is 4.79 Å². The molecule has 0 aliphatic rings. The summed E-state index contributed by atoms with van der Waals surface area (Å²) in [5, 5.41) is 8.79. The predicted octanol–water partition coefficient (Wildman–Crippen LogP) is 4.18. The molecule has 0 radical (unpaired) electrons. The highest BCUT2D eigenvalue weighted by molar-refractivity contribution is 7.13. The van der Waals surface area contributed by atoms with Gasteiger partial charge in [0.05, 0.1) is 17.9 Å². The van der Waals surface area contributed by atoms with Crippen molar-refractivity contribution in [1.82, 2.24) is 15.3 Å². The molecule has 0 aliphatic heterocycles. The van der Waals surface area contributed by atoms with E-state index in [4.69, 9.17) is 11.6 Å². The summed E-state index contributed by atoms with van der Waals surface area (Å²) in [5.41, 5.74) is 2.26. The van der Waals surface area contributed by atoms with Gasteiger partial charge in [-0.05, 0) is 30.3 Å². The van der Waals surface area contributed by atoms with E-state index in [9.17, 15) is 4.79 Å². The van der Waals surface area contributed by atoms with Gasteiger partial charge in [-0.15, -0.1) is 11.3 Å². The fourth-order valence-corrected chi connectivity index (χ4v) is 2.89. The number of nitrogens with zero attached hydrogens (tertiary/aromatic N) is 2. The van der Waals surface area contributed by atoms with E-state index in [0.29, 0.717) is 17.3 Å². The van der Waals surface area contributed by atoms with Gasteiger partial charge in [0.2, 0.25) is 0 Å². The predicted molar refractivity (Wildman–Crippen MR) is 92.7 cm³/mol. The molecule has 3 aromatic rings. The number of aromatic nitrogens is 2. The highest BCUT2D eigenvalue weighted by Gasteiger charge is 2.07. The third-order valence-electron chi connectivity index (χ3n) is 2.95. The molecule has 0 saturated carbocycles. The van der Waals surface area contributed by atoms with Crippen LogP contribution in [0.1, 0.15) is 5.69 Å². The minimum Gasteiger partial charge on any atom is -0.332 e. The number of hydrogen-bond acceptors (Lipinski definition) is 4. The summed E-state index contributed by atoms with van der Waals surface area (Å²) in [6.07, 6.45) is 1.73. The number of amides is 2. The van der Waals surface area contributed by atoms with Crippen molar-refractivity contribution in [2.75, 3.05) is 5.32 Å². The number of pyridine rings is 1. The molecular formula is C16H13ClN4OS. The van der Waals surface area contributed by atoms with Gasteiger partial charge in [0.15, 0.2) is 0 Å². The molecule has 2 heterocycles. The van der Waals surface area contributed by atoms with Gasteiger partial charge in [-0.2, -0.15) is 0 Å². The van der Waals surface area contributed by atoms with E-state index < -0.39 is 0 Å². The summed E-state index contributed by atoms with van der Waals surface area (Å²) in [4.78, 5) is 20.6. The van der Waals surface area contributed by atoms with Crippen molar-refractivity contribution in [1.29, 1.82) is 0 Å². The molecule has 116 valence electrons. The van der Waals surface area contributed by atoms with Crippen LogP contribution in [0.5, 0.6) is 0 Å². The van der Waals surface area contributed by atoms with Crippen molar-refractivity contribution in [2.24, 2.45) is 0 Å². The van der Waals surface area contributed by atoms with Crippen molar-refractivity contribution in [3.63, 3.8) is 0 Å². The van der Waals surface area contributed by atoms with Gasteiger partial charge in [0, 0.05) is 22.3 Å². The Hall–Kier alpha value is -2.44. The lowest BCUT2D eigenvalue weighted by Gasteiger charge is -2.06. The van der Waals surface area contributed by atoms with Crippen LogP contribution >= 0.6 is 22.9 Å². The maximum atomic E-state index is 11.9. The summed E-state index contributed by atoms with van der Waals surface area (Å²) in [5.74, 6) is 0. The van der Waals surface area contributed by atoms with E-state index in [-0.39, 0.29) is 6.03 Å². The lowest BCUT2D eigenvalue weighted by molar-refractivity contribution is 0.251. The zero-order valence-electron chi connectivity index (χ0n) is 12.0. The van der Waals surface area contributed by atoms with E-state index in [1.54, 1.807) is 30.5 Å². The fraction of sp³-hybridized carbons (Fsp3) is 0.0625. The van der Waals surface area contributed by atoms with Gasteiger partial charge in [-0.25, -0.2) is 9.78 Å². The molecule has 2 aromatic heterocycles. The molecule has 5 nitrogen and oxygen atoms in total. The maximum absolute atomic E-state index is 11.9. The zero-order chi connectivity index (χ0) is 16.1. The Bertz CT molecular complexity index is 807. The second kappa shape index (κ2) is 7.21. The molecular weight excluding hydrogens is 332 g/mol. The number of rotatable bonds is 4. The average molecular weight is 345 g/mol. The molecule has 1 aromatic carbocycles. The third kappa shape index (κ3) is 4.28. The van der Waals surface area contributed by atoms with E-state index in [1.165, 1.54) is 11.3 Å². The van der Waals surface area contributed by atoms with Crippen LogP contribution in [0, 0.1) is 0 Å². The van der Waals surface area contributed by atoms with Crippen molar-refractivity contribution in [3.05, 3.63) is 64.8 Å². The van der Waals surface area contributed by atoms with Crippen molar-refractivity contribution in [2.45, 2.75) is 6.54 Å². The number of halogens is 1. The number of thiazole rings is 1. The summed E-state index contributed by atoms with van der Waals surface area (Å²) >= 11 is 7.37. The Morgan fingerprint density at radius 2 is 2.13 bits per heavy atom. The van der Waals surface area contributed by atoms with Crippen LogP contribution in [0.2, 0.25) is 5.02 Å². The largest absolute Gasteiger partial charge is 0.332 e. The van der Waals surface area contributed by atoms with Gasteiger partial charge in [-0.1, -0.05) is 23.7 Å². The molecule has 0 bridgehead atoms. The van der Waals surface area contributed by atoms with Crippen LogP contribution in [-0.2, 0) is 6.54 Å². The first-order valence-electron chi connectivity index (χ1n) is 6.87. The fourth-order valence-electron chi connectivity index (χ4n) is 1.91. The summed E-state index contributed by atoms with van der Waals surface area (Å²) in [6, 6.07) is 12.4. The molecule has 0 unspecified atom stereocenters. The number of anilines is 1. The first-order valence-corrected chi connectivity index (χ1v) is 8.13. The number of benzene rings is 1. The average Bonchev–Trinajstić information content (AvgIpc) is 3.03. The number of nitrogens with one attached hydrogen (secondary N) is 2. The van der Waals surface area contributed by atoms with Crippen LogP contribution in [-0.4, -0.2) is 16.0 Å². The molecule has 23 heavy (non-hydrogen) atoms. The standard InChI is InChI=1S/C16H13ClN4OS/c17-11-4-3-5-12(8-11)21-16(22)19-9-13-10-23-15(20-13)14-6-1-2-7-18-14/h1-8,10H,9H2,(H2,19,21,22). The van der Waals surface area contributed by atoms with E-state index in [2.05, 4.69) is 20.6 Å². The number of carbonyl (C=O) groups is 1. The smallest absolute Gasteiger partial charge is 0.319 e. The SMILES string of the molecule is O=C(NCc1csc(-c2ccccn2)n1)Nc1cccc(Cl)c1. The monoisotopic (exact) mass is 344 g/mol. The maximum Gasteiger partial charge on any atom is 0.319 e. The second-order valence-electron chi connectivity index (χ2n) is 4.68. The van der Waals surface area contributed by atoms with Crippen LogP contribution in [0.3, 0.4) is 0 Å². The van der Waals surface area contributed by atoms with Gasteiger partial charge >= 0.3 is 6.03 Å².